The van der Waals surface area contributed by atoms with Gasteiger partial charge in [0.25, 0.3) is 5.91 Å². The summed E-state index contributed by atoms with van der Waals surface area (Å²) in [7, 11) is 0. The molecular weight excluding hydrogens is 266 g/mol. The van der Waals surface area contributed by atoms with Crippen LogP contribution in [0.5, 0.6) is 0 Å². The Balaban J connectivity index is 1.78. The molecule has 3 rings (SSSR count). The first-order chi connectivity index (χ1) is 8.84. The first kappa shape index (κ1) is 11.8. The number of piperazine rings is 1. The second kappa shape index (κ2) is 5.17. The lowest BCUT2D eigenvalue weighted by atomic mass is 10.3. The van der Waals surface area contributed by atoms with Crippen LogP contribution < -0.4 is 5.32 Å². The second-order valence-electron chi connectivity index (χ2n) is 4.06. The van der Waals surface area contributed by atoms with Crippen molar-refractivity contribution in [3.8, 4) is 9.88 Å². The van der Waals surface area contributed by atoms with Crippen molar-refractivity contribution in [1.82, 2.24) is 15.2 Å². The van der Waals surface area contributed by atoms with Gasteiger partial charge in [-0.3, -0.25) is 4.79 Å². The summed E-state index contributed by atoms with van der Waals surface area (Å²) in [4.78, 5) is 19.7. The molecule has 2 aromatic heterocycles. The number of carbonyl (C=O) groups is 1. The third-order valence-electron chi connectivity index (χ3n) is 2.86. The van der Waals surface area contributed by atoms with Crippen LogP contribution in [0.4, 0.5) is 0 Å². The van der Waals surface area contributed by atoms with Crippen LogP contribution in [-0.4, -0.2) is 42.0 Å². The lowest BCUT2D eigenvalue weighted by molar-refractivity contribution is 0.0731. The number of amides is 1. The number of nitrogens with zero attached hydrogens (tertiary/aromatic N) is 2. The first-order valence-electron chi connectivity index (χ1n) is 5.84. The number of hydrogen-bond acceptors (Lipinski definition) is 5. The molecule has 3 heterocycles. The highest BCUT2D eigenvalue weighted by Gasteiger charge is 2.20. The summed E-state index contributed by atoms with van der Waals surface area (Å²) in [6.45, 7) is 3.27. The number of hydrogen-bond donors (Lipinski definition) is 1. The summed E-state index contributed by atoms with van der Waals surface area (Å²) in [5, 5.41) is 8.06. The van der Waals surface area contributed by atoms with E-state index in [9.17, 15) is 4.79 Å². The van der Waals surface area contributed by atoms with Crippen molar-refractivity contribution in [2.75, 3.05) is 26.2 Å². The van der Waals surface area contributed by atoms with Crippen LogP contribution in [0.15, 0.2) is 22.9 Å². The quantitative estimate of drug-likeness (QED) is 0.913. The first-order valence-corrected chi connectivity index (χ1v) is 7.60. The highest BCUT2D eigenvalue weighted by atomic mass is 32.1. The third kappa shape index (κ3) is 2.31. The fraction of sp³-hybridized carbons (Fsp3) is 0.333. The van der Waals surface area contributed by atoms with E-state index in [1.165, 1.54) is 11.3 Å². The zero-order valence-corrected chi connectivity index (χ0v) is 11.4. The number of carbonyl (C=O) groups excluding carboxylic acids is 1. The van der Waals surface area contributed by atoms with Crippen molar-refractivity contribution in [2.24, 2.45) is 0 Å². The van der Waals surface area contributed by atoms with Crippen molar-refractivity contribution in [2.45, 2.75) is 0 Å². The largest absolute Gasteiger partial charge is 0.335 e. The van der Waals surface area contributed by atoms with Crippen molar-refractivity contribution in [3.63, 3.8) is 0 Å². The molecule has 0 unspecified atom stereocenters. The SMILES string of the molecule is O=C(c1csc(-c2cccs2)n1)N1CCNCC1. The minimum atomic E-state index is 0.0514. The minimum Gasteiger partial charge on any atom is -0.335 e. The van der Waals surface area contributed by atoms with Gasteiger partial charge in [-0.2, -0.15) is 0 Å². The number of nitrogens with one attached hydrogen (secondary N) is 1. The van der Waals surface area contributed by atoms with Crippen LogP contribution in [0, 0.1) is 0 Å². The zero-order chi connectivity index (χ0) is 12.4. The predicted octanol–water partition coefficient (Wildman–Crippen LogP) is 1.92. The lowest BCUT2D eigenvalue weighted by Crippen LogP contribution is -2.46. The molecule has 1 fully saturated rings. The predicted molar refractivity (Wildman–Crippen MR) is 74.2 cm³/mol. The normalized spacial score (nSPS) is 15.9. The Morgan fingerprint density at radius 1 is 1.33 bits per heavy atom. The van der Waals surface area contributed by atoms with Crippen LogP contribution in [0.1, 0.15) is 10.5 Å². The summed E-state index contributed by atoms with van der Waals surface area (Å²) in [6.07, 6.45) is 0. The number of aromatic nitrogens is 1. The maximum atomic E-state index is 12.2. The smallest absolute Gasteiger partial charge is 0.273 e. The highest BCUT2D eigenvalue weighted by Crippen LogP contribution is 2.28. The summed E-state index contributed by atoms with van der Waals surface area (Å²) in [6, 6.07) is 4.03. The summed E-state index contributed by atoms with van der Waals surface area (Å²) >= 11 is 3.19. The Bertz CT molecular complexity index is 529. The highest BCUT2D eigenvalue weighted by molar-refractivity contribution is 7.20. The van der Waals surface area contributed by atoms with E-state index >= 15 is 0 Å². The van der Waals surface area contributed by atoms with E-state index in [1.54, 1.807) is 11.3 Å². The minimum absolute atomic E-state index is 0.0514. The molecule has 1 N–H and O–H groups in total. The van der Waals surface area contributed by atoms with Crippen molar-refractivity contribution >= 4 is 28.6 Å². The monoisotopic (exact) mass is 279 g/mol. The van der Waals surface area contributed by atoms with E-state index in [0.717, 1.165) is 36.1 Å². The molecule has 6 heteroatoms. The molecule has 0 spiro atoms. The van der Waals surface area contributed by atoms with Crippen molar-refractivity contribution in [3.05, 3.63) is 28.6 Å². The van der Waals surface area contributed by atoms with Gasteiger partial charge in [0.2, 0.25) is 0 Å². The molecule has 0 bridgehead atoms. The standard InChI is InChI=1S/C12H13N3OS2/c16-12(15-5-3-13-4-6-15)9-8-18-11(14-9)10-2-1-7-17-10/h1-2,7-8,13H,3-6H2. The Morgan fingerprint density at radius 2 is 2.17 bits per heavy atom. The molecule has 1 amide bonds. The maximum absolute atomic E-state index is 12.2. The summed E-state index contributed by atoms with van der Waals surface area (Å²) in [5.41, 5.74) is 0.574. The fourth-order valence-corrected chi connectivity index (χ4v) is 3.52. The van der Waals surface area contributed by atoms with Crippen molar-refractivity contribution < 1.29 is 4.79 Å². The van der Waals surface area contributed by atoms with Gasteiger partial charge in [0.15, 0.2) is 0 Å². The second-order valence-corrected chi connectivity index (χ2v) is 5.86. The lowest BCUT2D eigenvalue weighted by Gasteiger charge is -2.26. The van der Waals surface area contributed by atoms with Crippen LogP contribution in [0.3, 0.4) is 0 Å². The van der Waals surface area contributed by atoms with Crippen LogP contribution in [-0.2, 0) is 0 Å². The molecule has 4 nitrogen and oxygen atoms in total. The average Bonchev–Trinajstić information content (AvgIpc) is 3.09. The van der Waals surface area contributed by atoms with Crippen LogP contribution in [0.25, 0.3) is 9.88 Å². The number of rotatable bonds is 2. The molecule has 0 atom stereocenters. The molecule has 0 radical (unpaired) electrons. The van der Waals surface area contributed by atoms with Gasteiger partial charge < -0.3 is 10.2 Å². The maximum Gasteiger partial charge on any atom is 0.273 e. The van der Waals surface area contributed by atoms with Gasteiger partial charge >= 0.3 is 0 Å². The topological polar surface area (TPSA) is 45.2 Å². The van der Waals surface area contributed by atoms with E-state index in [4.69, 9.17) is 0 Å². The van der Waals surface area contributed by atoms with E-state index < -0.39 is 0 Å². The molecule has 0 aliphatic carbocycles. The fourth-order valence-electron chi connectivity index (χ4n) is 1.92. The molecular formula is C12H13N3OS2. The van der Waals surface area contributed by atoms with Crippen LogP contribution >= 0.6 is 22.7 Å². The van der Waals surface area contributed by atoms with Gasteiger partial charge in [0, 0.05) is 31.6 Å². The Morgan fingerprint density at radius 3 is 2.89 bits per heavy atom. The van der Waals surface area contributed by atoms with Gasteiger partial charge in [-0.05, 0) is 11.4 Å². The molecule has 0 saturated carbocycles. The van der Waals surface area contributed by atoms with Gasteiger partial charge in [0.05, 0.1) is 4.88 Å². The van der Waals surface area contributed by atoms with Crippen molar-refractivity contribution in [1.29, 1.82) is 0 Å². The van der Waals surface area contributed by atoms with Gasteiger partial charge in [-0.15, -0.1) is 22.7 Å². The molecule has 1 saturated heterocycles. The molecule has 18 heavy (non-hydrogen) atoms. The van der Waals surface area contributed by atoms with Gasteiger partial charge in [-0.1, -0.05) is 6.07 Å². The summed E-state index contributed by atoms with van der Waals surface area (Å²) in [5.74, 6) is 0.0514. The van der Waals surface area contributed by atoms with E-state index in [1.807, 2.05) is 27.8 Å². The van der Waals surface area contributed by atoms with Gasteiger partial charge in [-0.25, -0.2) is 4.98 Å². The van der Waals surface area contributed by atoms with Crippen LogP contribution in [0.2, 0.25) is 0 Å². The summed E-state index contributed by atoms with van der Waals surface area (Å²) < 4.78 is 0. The number of thiophene rings is 1. The molecule has 94 valence electrons. The zero-order valence-electron chi connectivity index (χ0n) is 9.76. The van der Waals surface area contributed by atoms with E-state index in [-0.39, 0.29) is 5.91 Å². The Labute approximate surface area is 113 Å². The molecule has 2 aromatic rings. The Kier molecular flexibility index (Phi) is 3.40. The van der Waals surface area contributed by atoms with Gasteiger partial charge in [0.1, 0.15) is 10.7 Å². The molecule has 1 aliphatic heterocycles. The van der Waals surface area contributed by atoms with E-state index in [0.29, 0.717) is 5.69 Å². The van der Waals surface area contributed by atoms with E-state index in [2.05, 4.69) is 10.3 Å². The average molecular weight is 279 g/mol. The molecule has 0 aromatic carbocycles. The Hall–Kier alpha value is -1.24. The molecule has 1 aliphatic rings. The third-order valence-corrected chi connectivity index (χ3v) is 4.74. The number of thiazole rings is 1.